The highest BCUT2D eigenvalue weighted by Crippen LogP contribution is 2.16. The topological polar surface area (TPSA) is 47.3 Å². The van der Waals surface area contributed by atoms with Crippen LogP contribution < -0.4 is 0 Å². The maximum atomic E-state index is 11.7. The van der Waals surface area contributed by atoms with Crippen LogP contribution in [-0.2, 0) is 6.42 Å². The van der Waals surface area contributed by atoms with Crippen LogP contribution in [0.4, 0.5) is 0 Å². The molecule has 0 N–H and O–H groups in total. The van der Waals surface area contributed by atoms with Gasteiger partial charge in [-0.15, -0.1) is 0 Å². The van der Waals surface area contributed by atoms with Crippen molar-refractivity contribution in [2.45, 2.75) is 6.42 Å². The van der Waals surface area contributed by atoms with Crippen molar-refractivity contribution < 1.29 is 14.0 Å². The minimum atomic E-state index is -0.187. The fraction of sp³-hybridized carbons (Fsp3) is 0.0667. The largest absolute Gasteiger partial charge is 0.461 e. The molecule has 1 aromatic carbocycles. The number of aldehydes is 1. The molecule has 4 heteroatoms. The monoisotopic (exact) mass is 318 g/mol. The summed E-state index contributed by atoms with van der Waals surface area (Å²) in [6.45, 7) is 0. The average molecular weight is 319 g/mol. The van der Waals surface area contributed by atoms with E-state index in [0.29, 0.717) is 17.7 Å². The lowest BCUT2D eigenvalue weighted by atomic mass is 10.1. The van der Waals surface area contributed by atoms with Crippen LogP contribution in [0.5, 0.6) is 0 Å². The molecule has 0 saturated heterocycles. The van der Waals surface area contributed by atoms with Gasteiger partial charge in [0.25, 0.3) is 0 Å². The molecule has 3 nitrogen and oxygen atoms in total. The quantitative estimate of drug-likeness (QED) is 0.478. The van der Waals surface area contributed by atoms with Gasteiger partial charge in [-0.25, -0.2) is 0 Å². The summed E-state index contributed by atoms with van der Waals surface area (Å²) in [5, 5.41) is 0. The average Bonchev–Trinajstić information content (AvgIpc) is 2.93. The number of halogens is 1. The van der Waals surface area contributed by atoms with E-state index >= 15 is 0 Å². The van der Waals surface area contributed by atoms with Gasteiger partial charge in [-0.3, -0.25) is 9.59 Å². The summed E-state index contributed by atoms with van der Waals surface area (Å²) in [6.07, 6.45) is 5.96. The molecular formula is C15H11BrO3. The fourth-order valence-electron chi connectivity index (χ4n) is 1.66. The highest BCUT2D eigenvalue weighted by atomic mass is 79.9. The van der Waals surface area contributed by atoms with Crippen LogP contribution in [0.1, 0.15) is 26.5 Å². The molecule has 0 radical (unpaired) electrons. The van der Waals surface area contributed by atoms with Crippen LogP contribution in [0.15, 0.2) is 57.6 Å². The molecule has 0 aliphatic rings. The Bertz CT molecular complexity index is 612. The Hall–Kier alpha value is -1.94. The third-order valence-corrected chi connectivity index (χ3v) is 3.10. The predicted molar refractivity (Wildman–Crippen MR) is 75.4 cm³/mol. The number of rotatable bonds is 5. The Balaban J connectivity index is 2.08. The highest BCUT2D eigenvalue weighted by molar-refractivity contribution is 9.10. The van der Waals surface area contributed by atoms with Gasteiger partial charge in [-0.1, -0.05) is 28.1 Å². The van der Waals surface area contributed by atoms with Gasteiger partial charge in [-0.2, -0.15) is 0 Å². The summed E-state index contributed by atoms with van der Waals surface area (Å²) in [5.74, 6) is 0.119. The summed E-state index contributed by atoms with van der Waals surface area (Å²) >= 11 is 3.36. The van der Waals surface area contributed by atoms with Gasteiger partial charge in [-0.05, 0) is 42.3 Å². The second-order valence-corrected chi connectivity index (χ2v) is 4.82. The van der Waals surface area contributed by atoms with Gasteiger partial charge < -0.3 is 4.42 Å². The van der Waals surface area contributed by atoms with E-state index < -0.39 is 0 Å². The first-order valence-electron chi connectivity index (χ1n) is 5.68. The van der Waals surface area contributed by atoms with E-state index in [1.165, 1.54) is 12.3 Å². The molecule has 0 unspecified atom stereocenters. The first kappa shape index (κ1) is 13.5. The first-order chi connectivity index (χ1) is 9.20. The van der Waals surface area contributed by atoms with Crippen LogP contribution in [0.25, 0.3) is 0 Å². The molecule has 0 fully saturated rings. The zero-order chi connectivity index (χ0) is 13.7. The maximum absolute atomic E-state index is 11.7. The van der Waals surface area contributed by atoms with E-state index in [-0.39, 0.29) is 5.78 Å². The second-order valence-electron chi connectivity index (χ2n) is 3.91. The minimum Gasteiger partial charge on any atom is -0.461 e. The van der Waals surface area contributed by atoms with Gasteiger partial charge in [0.15, 0.2) is 5.76 Å². The van der Waals surface area contributed by atoms with Crippen molar-refractivity contribution in [2.24, 2.45) is 0 Å². The Morgan fingerprint density at radius 2 is 2.16 bits per heavy atom. The summed E-state index contributed by atoms with van der Waals surface area (Å²) < 4.78 is 5.90. The van der Waals surface area contributed by atoms with E-state index in [4.69, 9.17) is 4.42 Å². The van der Waals surface area contributed by atoms with Crippen LogP contribution in [0.2, 0.25) is 0 Å². The van der Waals surface area contributed by atoms with Crippen LogP contribution in [0, 0.1) is 0 Å². The molecule has 0 aliphatic heterocycles. The standard InChI is InChI=1S/C15H11BrO3/c16-13-7-6-12(10-17)11(9-13)3-1-4-14(18)15-5-2-8-19-15/h1-2,4-10H,3H2/b4-1+. The molecule has 2 rings (SSSR count). The van der Waals surface area contributed by atoms with Gasteiger partial charge in [0.1, 0.15) is 6.29 Å². The van der Waals surface area contributed by atoms with Crippen LogP contribution in [-0.4, -0.2) is 12.1 Å². The Morgan fingerprint density at radius 1 is 1.32 bits per heavy atom. The molecule has 0 amide bonds. The lowest BCUT2D eigenvalue weighted by Crippen LogP contribution is -1.94. The van der Waals surface area contributed by atoms with E-state index in [1.54, 1.807) is 24.3 Å². The Kier molecular flexibility index (Phi) is 4.47. The zero-order valence-corrected chi connectivity index (χ0v) is 11.6. The molecule has 0 aliphatic carbocycles. The van der Waals surface area contributed by atoms with E-state index in [2.05, 4.69) is 15.9 Å². The van der Waals surface area contributed by atoms with E-state index in [9.17, 15) is 9.59 Å². The molecule has 0 spiro atoms. The van der Waals surface area contributed by atoms with Crippen molar-refractivity contribution in [2.75, 3.05) is 0 Å². The fourth-order valence-corrected chi connectivity index (χ4v) is 2.07. The zero-order valence-electron chi connectivity index (χ0n) is 10.0. The predicted octanol–water partition coefficient (Wildman–Crippen LogP) is 3.84. The smallest absolute Gasteiger partial charge is 0.220 e. The number of furan rings is 1. The van der Waals surface area contributed by atoms with Gasteiger partial charge >= 0.3 is 0 Å². The van der Waals surface area contributed by atoms with Gasteiger partial charge in [0, 0.05) is 10.0 Å². The summed E-state index contributed by atoms with van der Waals surface area (Å²) in [7, 11) is 0. The van der Waals surface area contributed by atoms with Crippen molar-refractivity contribution in [3.63, 3.8) is 0 Å². The lowest BCUT2D eigenvalue weighted by molar-refractivity contribution is 0.102. The number of hydrogen-bond acceptors (Lipinski definition) is 3. The number of ketones is 1. The number of allylic oxidation sites excluding steroid dienone is 2. The lowest BCUT2D eigenvalue weighted by Gasteiger charge is -2.01. The molecule has 0 saturated carbocycles. The van der Waals surface area contributed by atoms with Gasteiger partial charge in [0.05, 0.1) is 6.26 Å². The van der Waals surface area contributed by atoms with Crippen molar-refractivity contribution in [1.82, 2.24) is 0 Å². The molecule has 1 heterocycles. The molecule has 0 bridgehead atoms. The third-order valence-electron chi connectivity index (χ3n) is 2.60. The first-order valence-corrected chi connectivity index (χ1v) is 6.48. The summed E-state index contributed by atoms with van der Waals surface area (Å²) in [5.41, 5.74) is 1.49. The molecular weight excluding hydrogens is 308 g/mol. The van der Waals surface area contributed by atoms with Crippen molar-refractivity contribution in [3.05, 3.63) is 70.1 Å². The van der Waals surface area contributed by atoms with Gasteiger partial charge in [0.2, 0.25) is 5.78 Å². The Morgan fingerprint density at radius 3 is 2.84 bits per heavy atom. The van der Waals surface area contributed by atoms with Crippen LogP contribution >= 0.6 is 15.9 Å². The molecule has 2 aromatic rings. The number of carbonyl (C=O) groups excluding carboxylic acids is 2. The molecule has 1 aromatic heterocycles. The number of hydrogen-bond donors (Lipinski definition) is 0. The molecule has 96 valence electrons. The summed E-state index contributed by atoms with van der Waals surface area (Å²) in [6, 6.07) is 8.70. The third kappa shape index (κ3) is 3.51. The number of benzene rings is 1. The SMILES string of the molecule is O=Cc1ccc(Br)cc1C/C=C/C(=O)c1ccco1. The Labute approximate surface area is 119 Å². The molecule has 19 heavy (non-hydrogen) atoms. The van der Waals surface area contributed by atoms with Crippen molar-refractivity contribution >= 4 is 28.0 Å². The maximum Gasteiger partial charge on any atom is 0.220 e. The van der Waals surface area contributed by atoms with Crippen molar-refractivity contribution in [1.29, 1.82) is 0 Å². The van der Waals surface area contributed by atoms with E-state index in [1.807, 2.05) is 12.1 Å². The summed E-state index contributed by atoms with van der Waals surface area (Å²) in [4.78, 5) is 22.6. The van der Waals surface area contributed by atoms with Crippen molar-refractivity contribution in [3.8, 4) is 0 Å². The minimum absolute atomic E-state index is 0.187. The van der Waals surface area contributed by atoms with Crippen LogP contribution in [0.3, 0.4) is 0 Å². The molecule has 0 atom stereocenters. The highest BCUT2D eigenvalue weighted by Gasteiger charge is 2.04. The number of carbonyl (C=O) groups is 2. The normalized spacial score (nSPS) is 10.8. The second kappa shape index (κ2) is 6.29. The van der Waals surface area contributed by atoms with E-state index in [0.717, 1.165) is 16.3 Å².